The summed E-state index contributed by atoms with van der Waals surface area (Å²) in [7, 11) is -4.28. The fraction of sp³-hybridized carbons (Fsp3) is 0.586. The summed E-state index contributed by atoms with van der Waals surface area (Å²) in [5.41, 5.74) is -1.98. The molecule has 0 aromatic heterocycles. The van der Waals surface area contributed by atoms with Crippen LogP contribution in [0.4, 0.5) is 0 Å². The van der Waals surface area contributed by atoms with E-state index in [-0.39, 0.29) is 37.9 Å². The molecule has 13 heteroatoms. The normalized spacial score (nSPS) is 19.6. The van der Waals surface area contributed by atoms with Crippen molar-refractivity contribution in [2.45, 2.75) is 52.0 Å². The number of carbonyl (C=O) groups excluding carboxylic acids is 4. The van der Waals surface area contributed by atoms with Crippen LogP contribution in [0.2, 0.25) is 0 Å². The number of hydrogen-bond acceptors (Lipinski definition) is 11. The molecule has 0 aliphatic carbocycles. The standard InChI is InChI=1S/C29H41NO11S/c1-8-38-25(31)24(26(32)39-9-2)23-21(18(5)6)16-30(42(36,37)20-14-12-19(7)13-15-20)17-22(23)29(35,27(33)40-10-3)28(34)41-11-4/h12-15,21-24,35H,5,8-11,16-17H2,1-4,6-7H3. The fourth-order valence-electron chi connectivity index (χ4n) is 5.20. The third-order valence-electron chi connectivity index (χ3n) is 7.20. The lowest BCUT2D eigenvalue weighted by molar-refractivity contribution is -0.201. The van der Waals surface area contributed by atoms with E-state index in [1.165, 1.54) is 39.8 Å². The summed E-state index contributed by atoms with van der Waals surface area (Å²) in [5, 5.41) is 12.0. The van der Waals surface area contributed by atoms with Crippen molar-refractivity contribution in [3.63, 3.8) is 0 Å². The second-order valence-electron chi connectivity index (χ2n) is 9.96. The molecule has 1 aliphatic heterocycles. The summed E-state index contributed by atoms with van der Waals surface area (Å²) < 4.78 is 49.3. The van der Waals surface area contributed by atoms with Gasteiger partial charge in [0.1, 0.15) is 0 Å². The van der Waals surface area contributed by atoms with Crippen LogP contribution in [-0.2, 0) is 48.1 Å². The van der Waals surface area contributed by atoms with Crippen molar-refractivity contribution in [2.24, 2.45) is 23.7 Å². The maximum absolute atomic E-state index is 13.9. The zero-order chi connectivity index (χ0) is 31.8. The van der Waals surface area contributed by atoms with Gasteiger partial charge in [0.15, 0.2) is 5.92 Å². The third kappa shape index (κ3) is 7.19. The molecule has 3 atom stereocenters. The molecule has 0 bridgehead atoms. The molecule has 3 unspecified atom stereocenters. The van der Waals surface area contributed by atoms with Crippen LogP contribution >= 0.6 is 0 Å². The zero-order valence-corrected chi connectivity index (χ0v) is 25.8. The van der Waals surface area contributed by atoms with Crippen LogP contribution in [0.25, 0.3) is 0 Å². The lowest BCUT2D eigenvalue weighted by atomic mass is 9.63. The number of ether oxygens (including phenoxy) is 4. The highest BCUT2D eigenvalue weighted by Gasteiger charge is 2.63. The van der Waals surface area contributed by atoms with Gasteiger partial charge in [0.2, 0.25) is 10.0 Å². The summed E-state index contributed by atoms with van der Waals surface area (Å²) >= 11 is 0. The molecule has 2 rings (SSSR count). The topological polar surface area (TPSA) is 163 Å². The summed E-state index contributed by atoms with van der Waals surface area (Å²) in [6.07, 6.45) is 0. The van der Waals surface area contributed by atoms with Gasteiger partial charge in [-0.1, -0.05) is 29.8 Å². The minimum absolute atomic E-state index is 0.0751. The Morgan fingerprint density at radius 2 is 1.36 bits per heavy atom. The average Bonchev–Trinajstić information content (AvgIpc) is 2.93. The number of piperidine rings is 1. The Labute approximate surface area is 247 Å². The summed E-state index contributed by atoms with van der Waals surface area (Å²) in [5.74, 6) is -10.8. The van der Waals surface area contributed by atoms with Gasteiger partial charge in [0.05, 0.1) is 31.3 Å². The van der Waals surface area contributed by atoms with Crippen molar-refractivity contribution in [3.8, 4) is 0 Å². The number of sulfonamides is 1. The van der Waals surface area contributed by atoms with E-state index in [1.54, 1.807) is 26.0 Å². The number of hydrogen-bond donors (Lipinski definition) is 1. The number of nitrogens with zero attached hydrogens (tertiary/aromatic N) is 1. The molecular weight excluding hydrogens is 570 g/mol. The van der Waals surface area contributed by atoms with Crippen LogP contribution in [0.1, 0.15) is 40.2 Å². The molecule has 1 saturated heterocycles. The van der Waals surface area contributed by atoms with Gasteiger partial charge in [-0.25, -0.2) is 18.0 Å². The highest BCUT2D eigenvalue weighted by Crippen LogP contribution is 2.46. The summed E-state index contributed by atoms with van der Waals surface area (Å²) in [4.78, 5) is 53.3. The molecular formula is C29H41NO11S. The van der Waals surface area contributed by atoms with Crippen LogP contribution in [0.3, 0.4) is 0 Å². The predicted molar refractivity (Wildman–Crippen MR) is 150 cm³/mol. The van der Waals surface area contributed by atoms with Crippen molar-refractivity contribution in [1.82, 2.24) is 4.31 Å². The molecule has 1 heterocycles. The molecule has 0 saturated carbocycles. The van der Waals surface area contributed by atoms with Crippen LogP contribution in [0, 0.1) is 30.6 Å². The van der Waals surface area contributed by atoms with Crippen LogP contribution < -0.4 is 0 Å². The number of esters is 4. The Kier molecular flexibility index (Phi) is 12.3. The predicted octanol–water partition coefficient (Wildman–Crippen LogP) is 2.02. The SMILES string of the molecule is C=C(C)C1CN(S(=O)(=O)c2ccc(C)cc2)CC(C(O)(C(=O)OCC)C(=O)OCC)C1C(C(=O)OCC)C(=O)OCC. The highest BCUT2D eigenvalue weighted by molar-refractivity contribution is 7.89. The number of aliphatic hydroxyl groups is 1. The Balaban J connectivity index is 2.92. The minimum Gasteiger partial charge on any atom is -0.465 e. The van der Waals surface area contributed by atoms with Gasteiger partial charge in [-0.15, -0.1) is 0 Å². The van der Waals surface area contributed by atoms with Gasteiger partial charge in [0.25, 0.3) is 5.60 Å². The lowest BCUT2D eigenvalue weighted by Gasteiger charge is -2.48. The van der Waals surface area contributed by atoms with Gasteiger partial charge in [-0.2, -0.15) is 4.31 Å². The monoisotopic (exact) mass is 611 g/mol. The number of carbonyl (C=O) groups is 4. The molecule has 42 heavy (non-hydrogen) atoms. The Hall–Kier alpha value is -3.29. The molecule has 1 fully saturated rings. The smallest absolute Gasteiger partial charge is 0.350 e. The van der Waals surface area contributed by atoms with Gasteiger partial charge >= 0.3 is 23.9 Å². The number of rotatable bonds is 13. The first-order chi connectivity index (χ1) is 19.7. The third-order valence-corrected chi connectivity index (χ3v) is 9.04. The fourth-order valence-corrected chi connectivity index (χ4v) is 6.69. The van der Waals surface area contributed by atoms with Gasteiger partial charge in [-0.3, -0.25) is 9.59 Å². The largest absolute Gasteiger partial charge is 0.465 e. The maximum Gasteiger partial charge on any atom is 0.350 e. The molecule has 1 N–H and O–H groups in total. The number of aryl methyl sites for hydroxylation is 1. The quantitative estimate of drug-likeness (QED) is 0.150. The molecule has 0 spiro atoms. The zero-order valence-electron chi connectivity index (χ0n) is 25.0. The van der Waals surface area contributed by atoms with E-state index in [2.05, 4.69) is 6.58 Å². The molecule has 1 aliphatic rings. The van der Waals surface area contributed by atoms with Crippen molar-refractivity contribution >= 4 is 33.9 Å². The lowest BCUT2D eigenvalue weighted by Crippen LogP contribution is -2.66. The van der Waals surface area contributed by atoms with E-state index in [4.69, 9.17) is 18.9 Å². The van der Waals surface area contributed by atoms with Crippen molar-refractivity contribution < 1.29 is 51.6 Å². The molecule has 234 valence electrons. The number of benzene rings is 1. The second kappa shape index (κ2) is 14.7. The van der Waals surface area contributed by atoms with E-state index in [9.17, 15) is 32.7 Å². The first-order valence-electron chi connectivity index (χ1n) is 13.8. The van der Waals surface area contributed by atoms with Gasteiger partial charge in [-0.05, 0) is 65.5 Å². The Morgan fingerprint density at radius 3 is 1.76 bits per heavy atom. The van der Waals surface area contributed by atoms with Crippen molar-refractivity contribution in [1.29, 1.82) is 0 Å². The van der Waals surface area contributed by atoms with Crippen LogP contribution in [0.15, 0.2) is 41.3 Å². The summed E-state index contributed by atoms with van der Waals surface area (Å²) in [6, 6.07) is 6.03. The van der Waals surface area contributed by atoms with Gasteiger partial charge < -0.3 is 24.1 Å². The van der Waals surface area contributed by atoms with Crippen molar-refractivity contribution in [3.05, 3.63) is 42.0 Å². The van der Waals surface area contributed by atoms with E-state index >= 15 is 0 Å². The molecule has 12 nitrogen and oxygen atoms in total. The van der Waals surface area contributed by atoms with Crippen LogP contribution in [0.5, 0.6) is 0 Å². The molecule has 0 amide bonds. The van der Waals surface area contributed by atoms with Gasteiger partial charge in [0, 0.05) is 19.0 Å². The van der Waals surface area contributed by atoms with Crippen molar-refractivity contribution in [2.75, 3.05) is 39.5 Å². The molecule has 1 aromatic carbocycles. The van der Waals surface area contributed by atoms with E-state index in [1.807, 2.05) is 0 Å². The minimum atomic E-state index is -4.28. The molecule has 1 aromatic rings. The molecule has 0 radical (unpaired) electrons. The Morgan fingerprint density at radius 1 is 0.905 bits per heavy atom. The van der Waals surface area contributed by atoms with Crippen LogP contribution in [-0.4, -0.2) is 86.8 Å². The van der Waals surface area contributed by atoms with E-state index in [0.29, 0.717) is 5.57 Å². The second-order valence-corrected chi connectivity index (χ2v) is 11.9. The average molecular weight is 612 g/mol. The highest BCUT2D eigenvalue weighted by atomic mass is 32.2. The van der Waals surface area contributed by atoms with E-state index in [0.717, 1.165) is 9.87 Å². The first kappa shape index (κ1) is 34.9. The van der Waals surface area contributed by atoms with E-state index < -0.39 is 69.7 Å². The maximum atomic E-state index is 13.9. The first-order valence-corrected chi connectivity index (χ1v) is 15.3. The summed E-state index contributed by atoms with van der Waals surface area (Å²) in [6.45, 7) is 11.6. The Bertz CT molecular complexity index is 1220.